The lowest BCUT2D eigenvalue weighted by atomic mass is 10.3. The molecule has 0 fully saturated rings. The van der Waals surface area contributed by atoms with Crippen molar-refractivity contribution in [3.8, 4) is 0 Å². The average molecular weight is 240 g/mol. The van der Waals surface area contributed by atoms with Crippen molar-refractivity contribution < 1.29 is 10.0 Å². The molecular weight excluding hydrogens is 224 g/mol. The number of aromatic nitrogens is 1. The van der Waals surface area contributed by atoms with Crippen molar-refractivity contribution >= 4 is 17.3 Å². The van der Waals surface area contributed by atoms with Gasteiger partial charge in [0, 0.05) is 20.6 Å². The van der Waals surface area contributed by atoms with Crippen LogP contribution >= 0.6 is 0 Å². The number of hydrogen-bond acceptors (Lipinski definition) is 6. The molecule has 2 N–H and O–H groups in total. The zero-order chi connectivity index (χ0) is 13.0. The highest BCUT2D eigenvalue weighted by Crippen LogP contribution is 2.22. The molecule has 0 radical (unpaired) electrons. The summed E-state index contributed by atoms with van der Waals surface area (Å²) in [6.45, 7) is 2.00. The number of nitrogens with one attached hydrogen (secondary N) is 1. The maximum atomic E-state index is 10.7. The Bertz CT molecular complexity index is 409. The minimum atomic E-state index is -0.529. The molecule has 1 heterocycles. The first-order chi connectivity index (χ1) is 7.93. The second-order valence-electron chi connectivity index (χ2n) is 3.81. The van der Waals surface area contributed by atoms with E-state index in [-0.39, 0.29) is 5.69 Å². The Morgan fingerprint density at radius 2 is 2.29 bits per heavy atom. The van der Waals surface area contributed by atoms with Crippen LogP contribution in [-0.2, 0) is 0 Å². The topological polar surface area (TPSA) is 91.5 Å². The predicted molar refractivity (Wildman–Crippen MR) is 65.4 cm³/mol. The van der Waals surface area contributed by atoms with Crippen LogP contribution in [0, 0.1) is 10.1 Å². The molecule has 1 aromatic heterocycles. The minimum Gasteiger partial charge on any atom is -0.392 e. The van der Waals surface area contributed by atoms with Crippen LogP contribution in [0.1, 0.15) is 6.92 Å². The van der Waals surface area contributed by atoms with Gasteiger partial charge in [0.05, 0.1) is 23.2 Å². The molecular formula is C10H16N4O3. The second-order valence-corrected chi connectivity index (χ2v) is 3.81. The Morgan fingerprint density at radius 1 is 1.65 bits per heavy atom. The van der Waals surface area contributed by atoms with Gasteiger partial charge in [-0.05, 0) is 6.92 Å². The Balaban J connectivity index is 3.06. The quantitative estimate of drug-likeness (QED) is 0.585. The zero-order valence-electron chi connectivity index (χ0n) is 10.0. The van der Waals surface area contributed by atoms with Gasteiger partial charge in [-0.15, -0.1) is 0 Å². The summed E-state index contributed by atoms with van der Waals surface area (Å²) in [6, 6.07) is 2.74. The zero-order valence-corrected chi connectivity index (χ0v) is 10.0. The molecule has 0 bridgehead atoms. The van der Waals surface area contributed by atoms with E-state index in [0.717, 1.165) is 0 Å². The lowest BCUT2D eigenvalue weighted by Crippen LogP contribution is -2.27. The molecule has 0 spiro atoms. The molecule has 1 unspecified atom stereocenters. The highest BCUT2D eigenvalue weighted by molar-refractivity contribution is 5.55. The number of pyridine rings is 1. The molecule has 17 heavy (non-hydrogen) atoms. The van der Waals surface area contributed by atoms with Crippen molar-refractivity contribution in [1.29, 1.82) is 0 Å². The van der Waals surface area contributed by atoms with Gasteiger partial charge in [-0.25, -0.2) is 4.98 Å². The van der Waals surface area contributed by atoms with E-state index in [9.17, 15) is 15.2 Å². The number of anilines is 2. The number of hydrogen-bond donors (Lipinski definition) is 2. The summed E-state index contributed by atoms with van der Waals surface area (Å²) >= 11 is 0. The van der Waals surface area contributed by atoms with E-state index in [2.05, 4.69) is 10.3 Å². The number of rotatable bonds is 5. The Labute approximate surface area is 99.2 Å². The highest BCUT2D eigenvalue weighted by atomic mass is 16.6. The summed E-state index contributed by atoms with van der Waals surface area (Å²) < 4.78 is 0. The fourth-order valence-corrected chi connectivity index (χ4v) is 1.42. The van der Waals surface area contributed by atoms with Crippen molar-refractivity contribution in [2.45, 2.75) is 13.0 Å². The van der Waals surface area contributed by atoms with Crippen LogP contribution in [-0.4, -0.2) is 41.8 Å². The van der Waals surface area contributed by atoms with Gasteiger partial charge in [-0.2, -0.15) is 0 Å². The van der Waals surface area contributed by atoms with Crippen LogP contribution < -0.4 is 10.2 Å². The molecule has 1 aromatic rings. The maximum Gasteiger partial charge on any atom is 0.276 e. The fourth-order valence-electron chi connectivity index (χ4n) is 1.42. The van der Waals surface area contributed by atoms with Gasteiger partial charge >= 0.3 is 0 Å². The Kier molecular flexibility index (Phi) is 4.22. The van der Waals surface area contributed by atoms with E-state index >= 15 is 0 Å². The number of likely N-dealkylation sites (N-methyl/N-ethyl adjacent to an activating group) is 1. The molecule has 0 saturated heterocycles. The predicted octanol–water partition coefficient (Wildman–Crippen LogP) is 0.848. The van der Waals surface area contributed by atoms with Crippen molar-refractivity contribution in [2.24, 2.45) is 0 Å². The molecule has 0 aliphatic heterocycles. The molecule has 0 aliphatic rings. The number of nitro groups is 1. The summed E-state index contributed by atoms with van der Waals surface area (Å²) in [7, 11) is 3.36. The summed E-state index contributed by atoms with van der Waals surface area (Å²) in [6.07, 6.45) is -0.529. The first-order valence-corrected chi connectivity index (χ1v) is 5.17. The van der Waals surface area contributed by atoms with Gasteiger partial charge in [-0.1, -0.05) is 0 Å². The first-order valence-electron chi connectivity index (χ1n) is 5.17. The van der Waals surface area contributed by atoms with Gasteiger partial charge < -0.3 is 15.3 Å². The third-order valence-corrected chi connectivity index (χ3v) is 2.19. The van der Waals surface area contributed by atoms with Crippen molar-refractivity contribution in [1.82, 2.24) is 4.98 Å². The van der Waals surface area contributed by atoms with Crippen LogP contribution in [0.5, 0.6) is 0 Å². The summed E-state index contributed by atoms with van der Waals surface area (Å²) in [5.41, 5.74) is -0.0307. The third-order valence-electron chi connectivity index (χ3n) is 2.19. The molecule has 0 aromatic carbocycles. The van der Waals surface area contributed by atoms with Crippen LogP contribution in [0.4, 0.5) is 17.3 Å². The largest absolute Gasteiger partial charge is 0.392 e. The van der Waals surface area contributed by atoms with Gasteiger partial charge in [0.25, 0.3) is 5.69 Å². The van der Waals surface area contributed by atoms with Crippen molar-refractivity contribution in [3.63, 3.8) is 0 Å². The lowest BCUT2D eigenvalue weighted by Gasteiger charge is -2.20. The Morgan fingerprint density at radius 3 is 2.76 bits per heavy atom. The van der Waals surface area contributed by atoms with Crippen LogP contribution in [0.2, 0.25) is 0 Å². The van der Waals surface area contributed by atoms with E-state index in [4.69, 9.17) is 0 Å². The standard InChI is InChI=1S/C10H16N4O3/c1-7(15)6-13(3)10-5-8(14(16)17)4-9(11-2)12-10/h4-5,7,15H,6H2,1-3H3,(H,11,12). The summed E-state index contributed by atoms with van der Waals surface area (Å²) in [5, 5.41) is 22.8. The monoisotopic (exact) mass is 240 g/mol. The smallest absolute Gasteiger partial charge is 0.276 e. The highest BCUT2D eigenvalue weighted by Gasteiger charge is 2.14. The molecule has 0 amide bonds. The normalized spacial score (nSPS) is 12.0. The van der Waals surface area contributed by atoms with Gasteiger partial charge in [0.1, 0.15) is 11.6 Å². The Hall–Kier alpha value is -1.89. The number of nitrogens with zero attached hydrogens (tertiary/aromatic N) is 3. The molecule has 1 rings (SSSR count). The van der Waals surface area contributed by atoms with Crippen molar-refractivity contribution in [2.75, 3.05) is 30.9 Å². The van der Waals surface area contributed by atoms with E-state index < -0.39 is 11.0 Å². The van der Waals surface area contributed by atoms with Crippen LogP contribution in [0.25, 0.3) is 0 Å². The summed E-state index contributed by atoms with van der Waals surface area (Å²) in [4.78, 5) is 16.1. The van der Waals surface area contributed by atoms with Crippen LogP contribution in [0.3, 0.4) is 0 Å². The second kappa shape index (κ2) is 5.44. The molecule has 7 nitrogen and oxygen atoms in total. The molecule has 0 aliphatic carbocycles. The first kappa shape index (κ1) is 13.2. The molecule has 94 valence electrons. The van der Waals surface area contributed by atoms with Gasteiger partial charge in [0.2, 0.25) is 0 Å². The molecule has 0 saturated carbocycles. The third kappa shape index (κ3) is 3.56. The maximum absolute atomic E-state index is 10.7. The minimum absolute atomic E-state index is 0.0307. The molecule has 1 atom stereocenters. The van der Waals surface area contributed by atoms with E-state index in [1.54, 1.807) is 25.9 Å². The molecule has 7 heteroatoms. The number of aliphatic hydroxyl groups is 1. The van der Waals surface area contributed by atoms with Gasteiger partial charge in [-0.3, -0.25) is 10.1 Å². The van der Waals surface area contributed by atoms with E-state index in [0.29, 0.717) is 18.2 Å². The number of aliphatic hydroxyl groups excluding tert-OH is 1. The van der Waals surface area contributed by atoms with E-state index in [1.165, 1.54) is 12.1 Å². The van der Waals surface area contributed by atoms with Gasteiger partial charge in [0.15, 0.2) is 0 Å². The van der Waals surface area contributed by atoms with E-state index in [1.807, 2.05) is 0 Å². The van der Waals surface area contributed by atoms with Crippen LogP contribution in [0.15, 0.2) is 12.1 Å². The fraction of sp³-hybridized carbons (Fsp3) is 0.500. The summed E-state index contributed by atoms with van der Waals surface area (Å²) in [5.74, 6) is 0.871. The average Bonchev–Trinajstić information content (AvgIpc) is 2.27. The lowest BCUT2D eigenvalue weighted by molar-refractivity contribution is -0.384. The van der Waals surface area contributed by atoms with Crippen molar-refractivity contribution in [3.05, 3.63) is 22.2 Å². The SMILES string of the molecule is CNc1cc([N+](=O)[O-])cc(N(C)CC(C)O)n1.